The second-order valence-electron chi connectivity index (χ2n) is 6.07. The summed E-state index contributed by atoms with van der Waals surface area (Å²) in [6, 6.07) is 12.1. The monoisotopic (exact) mass is 345 g/mol. The Morgan fingerprint density at radius 1 is 1.19 bits per heavy atom. The molecule has 2 aromatic heterocycles. The van der Waals surface area contributed by atoms with Gasteiger partial charge in [0.2, 0.25) is 0 Å². The molecule has 0 saturated carbocycles. The van der Waals surface area contributed by atoms with E-state index in [1.54, 1.807) is 13.0 Å². The Hall–Kier alpha value is -3.60. The van der Waals surface area contributed by atoms with Crippen LogP contribution in [0.4, 0.5) is 0 Å². The number of phenolic OH excluding ortho intramolecular Hbond substituents is 1. The minimum atomic E-state index is -0.493. The van der Waals surface area contributed by atoms with Gasteiger partial charge in [-0.15, -0.1) is 0 Å². The number of hydrogen-bond donors (Lipinski definition) is 2. The summed E-state index contributed by atoms with van der Waals surface area (Å²) >= 11 is 0. The summed E-state index contributed by atoms with van der Waals surface area (Å²) in [7, 11) is 0. The summed E-state index contributed by atoms with van der Waals surface area (Å²) in [6.45, 7) is 1.69. The van der Waals surface area contributed by atoms with Gasteiger partial charge in [-0.05, 0) is 48.4 Å². The third kappa shape index (κ3) is 2.59. The zero-order chi connectivity index (χ0) is 18.3. The Kier molecular flexibility index (Phi) is 3.69. The molecule has 2 N–H and O–H groups in total. The quantitative estimate of drug-likeness (QED) is 0.331. The van der Waals surface area contributed by atoms with Crippen LogP contribution in [-0.2, 0) is 0 Å². The third-order valence-electron chi connectivity index (χ3n) is 4.38. The van der Waals surface area contributed by atoms with Crippen molar-refractivity contribution in [3.63, 3.8) is 0 Å². The standard InChI is InChI=1S/C21H15NO4/c1-12-10-19(24)26-18-9-7-15(21(25)20(12)18)17(23)8-6-13-11-22-16-5-3-2-4-14(13)16/h2-11,22,25H,1H3/b8-6+. The van der Waals surface area contributed by atoms with Crippen molar-refractivity contribution < 1.29 is 14.3 Å². The van der Waals surface area contributed by atoms with Gasteiger partial charge in [0.05, 0.1) is 10.9 Å². The predicted octanol–water partition coefficient (Wildman–Crippen LogP) is 4.18. The van der Waals surface area contributed by atoms with Gasteiger partial charge in [0.1, 0.15) is 11.3 Å². The number of para-hydroxylation sites is 1. The number of aromatic amines is 1. The van der Waals surface area contributed by atoms with Crippen LogP contribution in [0.15, 0.2) is 63.9 Å². The molecule has 0 atom stereocenters. The smallest absolute Gasteiger partial charge is 0.336 e. The number of H-pyrrole nitrogens is 1. The van der Waals surface area contributed by atoms with E-state index in [4.69, 9.17) is 4.42 Å². The van der Waals surface area contributed by atoms with Gasteiger partial charge in [-0.25, -0.2) is 4.79 Å². The van der Waals surface area contributed by atoms with Crippen molar-refractivity contribution >= 4 is 33.7 Å². The first-order valence-electron chi connectivity index (χ1n) is 8.09. The number of rotatable bonds is 3. The number of nitrogens with one attached hydrogen (secondary N) is 1. The molecule has 0 aliphatic heterocycles. The molecule has 0 fully saturated rings. The molecular formula is C21H15NO4. The molecule has 2 heterocycles. The van der Waals surface area contributed by atoms with Crippen molar-refractivity contribution in [3.8, 4) is 5.75 Å². The fraction of sp³-hybridized carbons (Fsp3) is 0.0476. The van der Waals surface area contributed by atoms with Crippen molar-refractivity contribution in [1.29, 1.82) is 0 Å². The number of hydrogen-bond acceptors (Lipinski definition) is 4. The van der Waals surface area contributed by atoms with Crippen LogP contribution in [-0.4, -0.2) is 15.9 Å². The van der Waals surface area contributed by atoms with E-state index in [2.05, 4.69) is 4.98 Å². The SMILES string of the molecule is Cc1cc(=O)oc2ccc(C(=O)/C=C/c3c[nH]c4ccccc34)c(O)c12. The van der Waals surface area contributed by atoms with Gasteiger partial charge < -0.3 is 14.5 Å². The summed E-state index contributed by atoms with van der Waals surface area (Å²) in [5.41, 5.74) is 2.35. The molecule has 0 unspecified atom stereocenters. The minimum Gasteiger partial charge on any atom is -0.506 e. The molecule has 26 heavy (non-hydrogen) atoms. The van der Waals surface area contributed by atoms with Crippen LogP contribution in [0.25, 0.3) is 27.9 Å². The molecule has 0 spiro atoms. The number of carbonyl (C=O) groups excluding carboxylic acids is 1. The van der Waals surface area contributed by atoms with Gasteiger partial charge >= 0.3 is 5.63 Å². The molecule has 0 amide bonds. The maximum Gasteiger partial charge on any atom is 0.336 e. The van der Waals surface area contributed by atoms with E-state index in [-0.39, 0.29) is 22.7 Å². The number of phenols is 1. The van der Waals surface area contributed by atoms with Crippen LogP contribution in [0.2, 0.25) is 0 Å². The Bertz CT molecular complexity index is 1240. The number of aromatic hydroxyl groups is 1. The molecule has 4 aromatic rings. The van der Waals surface area contributed by atoms with Crippen molar-refractivity contribution in [2.24, 2.45) is 0 Å². The predicted molar refractivity (Wildman–Crippen MR) is 101 cm³/mol. The van der Waals surface area contributed by atoms with E-state index in [1.165, 1.54) is 24.3 Å². The van der Waals surface area contributed by atoms with Crippen molar-refractivity contribution in [2.75, 3.05) is 0 Å². The van der Waals surface area contributed by atoms with Gasteiger partial charge in [-0.2, -0.15) is 0 Å². The van der Waals surface area contributed by atoms with Crippen LogP contribution >= 0.6 is 0 Å². The largest absolute Gasteiger partial charge is 0.506 e. The number of aromatic nitrogens is 1. The highest BCUT2D eigenvalue weighted by atomic mass is 16.4. The summed E-state index contributed by atoms with van der Waals surface area (Å²) in [5.74, 6) is -0.516. The second-order valence-corrected chi connectivity index (χ2v) is 6.07. The van der Waals surface area contributed by atoms with E-state index < -0.39 is 5.63 Å². The highest BCUT2D eigenvalue weighted by molar-refractivity contribution is 6.12. The molecule has 0 saturated heterocycles. The van der Waals surface area contributed by atoms with Crippen LogP contribution in [0.5, 0.6) is 5.75 Å². The normalized spacial score (nSPS) is 11.6. The first-order valence-corrected chi connectivity index (χ1v) is 8.09. The summed E-state index contributed by atoms with van der Waals surface area (Å²) in [6.07, 6.45) is 4.96. The summed E-state index contributed by atoms with van der Waals surface area (Å²) in [5, 5.41) is 11.9. The average molecular weight is 345 g/mol. The minimum absolute atomic E-state index is 0.158. The van der Waals surface area contributed by atoms with E-state index >= 15 is 0 Å². The molecule has 0 aliphatic carbocycles. The van der Waals surface area contributed by atoms with Crippen molar-refractivity contribution in [2.45, 2.75) is 6.92 Å². The number of benzene rings is 2. The molecule has 128 valence electrons. The summed E-state index contributed by atoms with van der Waals surface area (Å²) in [4.78, 5) is 27.2. The molecule has 5 nitrogen and oxygen atoms in total. The number of ketones is 1. The van der Waals surface area contributed by atoms with E-state index in [9.17, 15) is 14.7 Å². The van der Waals surface area contributed by atoms with E-state index in [0.717, 1.165) is 16.5 Å². The average Bonchev–Trinajstić information content (AvgIpc) is 3.02. The van der Waals surface area contributed by atoms with Crippen LogP contribution in [0.3, 0.4) is 0 Å². The maximum absolute atomic E-state index is 12.6. The maximum atomic E-state index is 12.6. The lowest BCUT2D eigenvalue weighted by molar-refractivity contribution is 0.104. The van der Waals surface area contributed by atoms with Crippen LogP contribution in [0.1, 0.15) is 21.5 Å². The fourth-order valence-electron chi connectivity index (χ4n) is 3.11. The van der Waals surface area contributed by atoms with Crippen LogP contribution in [0, 0.1) is 6.92 Å². The number of fused-ring (bicyclic) bond motifs is 2. The Balaban J connectivity index is 1.74. The Morgan fingerprint density at radius 2 is 2.00 bits per heavy atom. The highest BCUT2D eigenvalue weighted by Gasteiger charge is 2.15. The van der Waals surface area contributed by atoms with Gasteiger partial charge in [-0.3, -0.25) is 4.79 Å². The first kappa shape index (κ1) is 15.9. The van der Waals surface area contributed by atoms with Gasteiger partial charge in [-0.1, -0.05) is 18.2 Å². The van der Waals surface area contributed by atoms with Gasteiger partial charge in [0.25, 0.3) is 0 Å². The zero-order valence-electron chi connectivity index (χ0n) is 13.9. The molecule has 4 rings (SSSR count). The number of carbonyl (C=O) groups is 1. The number of allylic oxidation sites excluding steroid dienone is 1. The lowest BCUT2D eigenvalue weighted by atomic mass is 10.0. The first-order chi connectivity index (χ1) is 12.5. The molecule has 0 radical (unpaired) electrons. The Labute approximate surface area is 148 Å². The molecule has 5 heteroatoms. The number of aryl methyl sites for hydroxylation is 1. The molecule has 2 aromatic carbocycles. The lowest BCUT2D eigenvalue weighted by Gasteiger charge is -2.06. The van der Waals surface area contributed by atoms with Crippen molar-refractivity contribution in [1.82, 2.24) is 4.98 Å². The van der Waals surface area contributed by atoms with Gasteiger partial charge in [0.15, 0.2) is 5.78 Å². The molecule has 0 bridgehead atoms. The van der Waals surface area contributed by atoms with Crippen LogP contribution < -0.4 is 5.63 Å². The Morgan fingerprint density at radius 3 is 2.85 bits per heavy atom. The molecule has 0 aliphatic rings. The third-order valence-corrected chi connectivity index (χ3v) is 4.38. The van der Waals surface area contributed by atoms with Gasteiger partial charge in [0, 0.05) is 23.2 Å². The fourth-order valence-corrected chi connectivity index (χ4v) is 3.11. The molecular weight excluding hydrogens is 330 g/mol. The van der Waals surface area contributed by atoms with E-state index in [1.807, 2.05) is 30.5 Å². The summed E-state index contributed by atoms with van der Waals surface area (Å²) < 4.78 is 5.08. The second kappa shape index (κ2) is 6.04. The lowest BCUT2D eigenvalue weighted by Crippen LogP contribution is -2.01. The zero-order valence-corrected chi connectivity index (χ0v) is 13.9. The topological polar surface area (TPSA) is 83.3 Å². The van der Waals surface area contributed by atoms with Crippen molar-refractivity contribution in [3.05, 3.63) is 81.8 Å². The highest BCUT2D eigenvalue weighted by Crippen LogP contribution is 2.31. The van der Waals surface area contributed by atoms with E-state index in [0.29, 0.717) is 10.9 Å².